The summed E-state index contributed by atoms with van der Waals surface area (Å²) in [6.07, 6.45) is 1.91. The second kappa shape index (κ2) is 4.38. The number of likely N-dealkylation sites (tertiary alicyclic amines) is 1. The van der Waals surface area contributed by atoms with Gasteiger partial charge in [-0.3, -0.25) is 4.79 Å². The molecule has 1 unspecified atom stereocenters. The lowest BCUT2D eigenvalue weighted by Gasteiger charge is -2.27. The molecule has 2 nitrogen and oxygen atoms in total. The van der Waals surface area contributed by atoms with E-state index in [-0.39, 0.29) is 5.41 Å². The van der Waals surface area contributed by atoms with Crippen LogP contribution in [0.15, 0.2) is 0 Å². The third-order valence-corrected chi connectivity index (χ3v) is 2.86. The van der Waals surface area contributed by atoms with E-state index < -0.39 is 0 Å². The number of amides is 1. The number of nitrogens with zero attached hydrogens (tertiary/aromatic N) is 1. The Morgan fingerprint density at radius 1 is 1.12 bits per heavy atom. The van der Waals surface area contributed by atoms with E-state index in [9.17, 15) is 4.79 Å². The summed E-state index contributed by atoms with van der Waals surface area (Å²) in [5.41, 5.74) is 0.551. The van der Waals surface area contributed by atoms with E-state index in [1.165, 1.54) is 0 Å². The summed E-state index contributed by atoms with van der Waals surface area (Å²) in [5.74, 6) is 0.916. The molecule has 94 valence electrons. The Kier molecular flexibility index (Phi) is 3.71. The van der Waals surface area contributed by atoms with Crippen LogP contribution in [0, 0.1) is 16.7 Å². The molecule has 1 fully saturated rings. The van der Waals surface area contributed by atoms with E-state index in [2.05, 4.69) is 46.4 Å². The van der Waals surface area contributed by atoms with E-state index in [4.69, 9.17) is 0 Å². The average molecular weight is 225 g/mol. The second-order valence-corrected chi connectivity index (χ2v) is 7.67. The van der Waals surface area contributed by atoms with Crippen molar-refractivity contribution >= 4 is 5.91 Å². The van der Waals surface area contributed by atoms with Crippen LogP contribution >= 0.6 is 0 Å². The summed E-state index contributed by atoms with van der Waals surface area (Å²) in [6, 6.07) is 0. The molecule has 0 aromatic rings. The highest BCUT2D eigenvalue weighted by Crippen LogP contribution is 2.32. The second-order valence-electron chi connectivity index (χ2n) is 7.67. The lowest BCUT2D eigenvalue weighted by molar-refractivity contribution is -0.128. The van der Waals surface area contributed by atoms with Gasteiger partial charge in [0.15, 0.2) is 0 Å². The first kappa shape index (κ1) is 13.5. The summed E-state index contributed by atoms with van der Waals surface area (Å²) >= 11 is 0. The third kappa shape index (κ3) is 4.54. The molecule has 0 N–H and O–H groups in total. The van der Waals surface area contributed by atoms with Crippen molar-refractivity contribution in [1.29, 1.82) is 0 Å². The first-order valence-corrected chi connectivity index (χ1v) is 6.35. The van der Waals surface area contributed by atoms with Crippen LogP contribution in [-0.2, 0) is 4.79 Å². The standard InChI is InChI=1S/C14H27NO/c1-13(2,3)8-11-7-12(16)15(9-11)10-14(4,5)6/h11H,7-10H2,1-6H3. The first-order valence-electron chi connectivity index (χ1n) is 6.35. The molecule has 0 aliphatic carbocycles. The third-order valence-electron chi connectivity index (χ3n) is 2.86. The van der Waals surface area contributed by atoms with Gasteiger partial charge in [0.25, 0.3) is 0 Å². The van der Waals surface area contributed by atoms with Gasteiger partial charge in [-0.25, -0.2) is 0 Å². The predicted octanol–water partition coefficient (Wildman–Crippen LogP) is 3.32. The van der Waals surface area contributed by atoms with Crippen LogP contribution in [0.25, 0.3) is 0 Å². The SMILES string of the molecule is CC(C)(C)CC1CC(=O)N(CC(C)(C)C)C1. The molecular formula is C14H27NO. The van der Waals surface area contributed by atoms with Crippen LogP contribution in [0.2, 0.25) is 0 Å². The van der Waals surface area contributed by atoms with Gasteiger partial charge in [-0.1, -0.05) is 41.5 Å². The number of carbonyl (C=O) groups excluding carboxylic acids is 1. The fraction of sp³-hybridized carbons (Fsp3) is 0.929. The molecule has 1 rings (SSSR count). The lowest BCUT2D eigenvalue weighted by atomic mass is 9.84. The van der Waals surface area contributed by atoms with Crippen LogP contribution in [0.4, 0.5) is 0 Å². The van der Waals surface area contributed by atoms with Gasteiger partial charge in [-0.05, 0) is 23.2 Å². The Morgan fingerprint density at radius 3 is 2.12 bits per heavy atom. The van der Waals surface area contributed by atoms with Crippen LogP contribution in [-0.4, -0.2) is 23.9 Å². The van der Waals surface area contributed by atoms with E-state index in [0.717, 1.165) is 25.9 Å². The highest BCUT2D eigenvalue weighted by Gasteiger charge is 2.33. The summed E-state index contributed by atoms with van der Waals surface area (Å²) < 4.78 is 0. The molecule has 0 saturated carbocycles. The number of rotatable bonds is 2. The number of hydrogen-bond donors (Lipinski definition) is 0. The van der Waals surface area contributed by atoms with Crippen molar-refractivity contribution in [2.24, 2.45) is 16.7 Å². The zero-order valence-electron chi connectivity index (χ0n) is 11.8. The van der Waals surface area contributed by atoms with E-state index in [0.29, 0.717) is 17.2 Å². The van der Waals surface area contributed by atoms with Crippen LogP contribution in [0.5, 0.6) is 0 Å². The minimum absolute atomic E-state index is 0.215. The quantitative estimate of drug-likeness (QED) is 0.706. The maximum Gasteiger partial charge on any atom is 0.222 e. The van der Waals surface area contributed by atoms with Gasteiger partial charge in [0.1, 0.15) is 0 Å². The van der Waals surface area contributed by atoms with Gasteiger partial charge >= 0.3 is 0 Å². The summed E-state index contributed by atoms with van der Waals surface area (Å²) in [4.78, 5) is 13.9. The van der Waals surface area contributed by atoms with Gasteiger partial charge < -0.3 is 4.90 Å². The zero-order chi connectivity index (χ0) is 12.6. The fourth-order valence-electron chi connectivity index (χ4n) is 2.58. The van der Waals surface area contributed by atoms with Crippen LogP contribution in [0.3, 0.4) is 0 Å². The summed E-state index contributed by atoms with van der Waals surface area (Å²) in [6.45, 7) is 15.2. The topological polar surface area (TPSA) is 20.3 Å². The Hall–Kier alpha value is -0.530. The number of hydrogen-bond acceptors (Lipinski definition) is 1. The molecule has 1 aliphatic rings. The van der Waals surface area contributed by atoms with Crippen molar-refractivity contribution in [1.82, 2.24) is 4.90 Å². The van der Waals surface area contributed by atoms with Crippen molar-refractivity contribution < 1.29 is 4.79 Å². The molecule has 2 heteroatoms. The van der Waals surface area contributed by atoms with Gasteiger partial charge in [-0.2, -0.15) is 0 Å². The van der Waals surface area contributed by atoms with Gasteiger partial charge in [0, 0.05) is 19.5 Å². The highest BCUT2D eigenvalue weighted by atomic mass is 16.2. The van der Waals surface area contributed by atoms with Crippen LogP contribution < -0.4 is 0 Å². The van der Waals surface area contributed by atoms with E-state index >= 15 is 0 Å². The molecule has 0 aromatic heterocycles. The summed E-state index contributed by atoms with van der Waals surface area (Å²) in [5, 5.41) is 0. The maximum atomic E-state index is 11.9. The van der Waals surface area contributed by atoms with Gasteiger partial charge in [-0.15, -0.1) is 0 Å². The van der Waals surface area contributed by atoms with Crippen molar-refractivity contribution in [3.05, 3.63) is 0 Å². The average Bonchev–Trinajstić information content (AvgIpc) is 2.23. The fourth-order valence-corrected chi connectivity index (χ4v) is 2.58. The van der Waals surface area contributed by atoms with E-state index in [1.54, 1.807) is 0 Å². The monoisotopic (exact) mass is 225 g/mol. The molecular weight excluding hydrogens is 198 g/mol. The molecule has 1 heterocycles. The maximum absolute atomic E-state index is 11.9. The smallest absolute Gasteiger partial charge is 0.222 e. The highest BCUT2D eigenvalue weighted by molar-refractivity contribution is 5.78. The molecule has 1 saturated heterocycles. The van der Waals surface area contributed by atoms with Gasteiger partial charge in [0.2, 0.25) is 5.91 Å². The Morgan fingerprint density at radius 2 is 1.69 bits per heavy atom. The normalized spacial score (nSPS) is 23.0. The molecule has 1 atom stereocenters. The zero-order valence-corrected chi connectivity index (χ0v) is 11.8. The van der Waals surface area contributed by atoms with Crippen LogP contribution in [0.1, 0.15) is 54.4 Å². The predicted molar refractivity (Wildman–Crippen MR) is 68.2 cm³/mol. The summed E-state index contributed by atoms with van der Waals surface area (Å²) in [7, 11) is 0. The molecule has 0 bridgehead atoms. The number of carbonyl (C=O) groups is 1. The Labute approximate surface area is 100 Å². The van der Waals surface area contributed by atoms with Crippen molar-refractivity contribution in [3.8, 4) is 0 Å². The molecule has 0 aromatic carbocycles. The van der Waals surface area contributed by atoms with Crippen molar-refractivity contribution in [3.63, 3.8) is 0 Å². The molecule has 0 radical (unpaired) electrons. The molecule has 1 aliphatic heterocycles. The lowest BCUT2D eigenvalue weighted by Crippen LogP contribution is -2.34. The molecule has 16 heavy (non-hydrogen) atoms. The largest absolute Gasteiger partial charge is 0.342 e. The van der Waals surface area contributed by atoms with Gasteiger partial charge in [0.05, 0.1) is 0 Å². The Bertz CT molecular complexity index is 257. The van der Waals surface area contributed by atoms with E-state index in [1.807, 2.05) is 0 Å². The Balaban J connectivity index is 2.51. The first-order chi connectivity index (χ1) is 7.07. The minimum atomic E-state index is 0.215. The molecule has 0 spiro atoms. The van der Waals surface area contributed by atoms with Crippen molar-refractivity contribution in [2.45, 2.75) is 54.4 Å². The minimum Gasteiger partial charge on any atom is -0.342 e. The van der Waals surface area contributed by atoms with Crippen molar-refractivity contribution in [2.75, 3.05) is 13.1 Å². The molecule has 1 amide bonds.